The molecule has 0 radical (unpaired) electrons. The highest BCUT2D eigenvalue weighted by Gasteiger charge is 2.31. The molecule has 9 heteroatoms. The molecule has 1 amide bonds. The lowest BCUT2D eigenvalue weighted by Gasteiger charge is -2.30. The Morgan fingerprint density at radius 1 is 1.38 bits per heavy atom. The van der Waals surface area contributed by atoms with Gasteiger partial charge in [-0.3, -0.25) is 9.10 Å². The first kappa shape index (κ1) is 23.0. The molecule has 5 nitrogen and oxygen atoms in total. The van der Waals surface area contributed by atoms with Gasteiger partial charge in [0.05, 0.1) is 17.0 Å². The molecule has 0 saturated carbocycles. The predicted octanol–water partition coefficient (Wildman–Crippen LogP) is 3.67. The molecule has 0 aliphatic rings. The zero-order valence-electron chi connectivity index (χ0n) is 15.7. The lowest BCUT2D eigenvalue weighted by molar-refractivity contribution is -0.122. The Morgan fingerprint density at radius 3 is 2.46 bits per heavy atom. The minimum absolute atomic E-state index is 0.0819. The second kappa shape index (κ2) is 9.28. The minimum atomic E-state index is -3.77. The molecule has 1 rings (SSSR count). The fraction of sp³-hybridized carbons (Fsp3) is 0.588. The number of nitrogens with one attached hydrogen (secondary N) is 1. The van der Waals surface area contributed by atoms with Gasteiger partial charge in [0.15, 0.2) is 0 Å². The normalized spacial score (nSPS) is 13.3. The Balaban J connectivity index is 2.99. The van der Waals surface area contributed by atoms with Crippen LogP contribution in [0, 0.1) is 5.82 Å². The number of thioether (sulfide) groups is 1. The molecule has 0 bridgehead atoms. The Bertz CT molecular complexity index is 736. The van der Waals surface area contributed by atoms with Crippen molar-refractivity contribution < 1.29 is 17.6 Å². The van der Waals surface area contributed by atoms with Crippen LogP contribution in [0.2, 0.25) is 5.02 Å². The van der Waals surface area contributed by atoms with Crippen molar-refractivity contribution in [1.29, 1.82) is 0 Å². The first-order chi connectivity index (χ1) is 11.9. The number of carbonyl (C=O) groups is 1. The molecule has 0 aliphatic carbocycles. The van der Waals surface area contributed by atoms with Crippen LogP contribution in [0.3, 0.4) is 0 Å². The predicted molar refractivity (Wildman–Crippen MR) is 108 cm³/mol. The van der Waals surface area contributed by atoms with E-state index in [1.165, 1.54) is 12.1 Å². The summed E-state index contributed by atoms with van der Waals surface area (Å²) in [4.78, 5) is 12.6. The smallest absolute Gasteiger partial charge is 0.243 e. The number of hydrogen-bond donors (Lipinski definition) is 1. The second-order valence-corrected chi connectivity index (χ2v) is 11.0. The molecule has 0 aromatic heterocycles. The van der Waals surface area contributed by atoms with E-state index in [1.54, 1.807) is 18.7 Å². The lowest BCUT2D eigenvalue weighted by atomic mass is 10.2. The highest BCUT2D eigenvalue weighted by molar-refractivity contribution is 8.00. The van der Waals surface area contributed by atoms with Gasteiger partial charge in [-0.2, -0.15) is 11.8 Å². The third-order valence-electron chi connectivity index (χ3n) is 3.42. The molecule has 1 aromatic carbocycles. The van der Waals surface area contributed by atoms with E-state index in [0.29, 0.717) is 12.3 Å². The third kappa shape index (κ3) is 6.96. The van der Waals surface area contributed by atoms with E-state index in [-0.39, 0.29) is 21.9 Å². The van der Waals surface area contributed by atoms with Gasteiger partial charge in [0.1, 0.15) is 11.9 Å². The molecule has 1 aromatic rings. The molecule has 0 heterocycles. The van der Waals surface area contributed by atoms with Crippen molar-refractivity contribution in [3.05, 3.63) is 29.0 Å². The van der Waals surface area contributed by atoms with Crippen LogP contribution in [0.15, 0.2) is 18.2 Å². The maximum absolute atomic E-state index is 13.4. The molecule has 148 valence electrons. The summed E-state index contributed by atoms with van der Waals surface area (Å²) in [5.41, 5.74) is 0.157. The van der Waals surface area contributed by atoms with Crippen LogP contribution in [-0.4, -0.2) is 43.7 Å². The maximum Gasteiger partial charge on any atom is 0.243 e. The van der Waals surface area contributed by atoms with Crippen LogP contribution in [0.25, 0.3) is 0 Å². The zero-order valence-corrected chi connectivity index (χ0v) is 18.1. The van der Waals surface area contributed by atoms with Crippen molar-refractivity contribution in [3.63, 3.8) is 0 Å². The van der Waals surface area contributed by atoms with Gasteiger partial charge >= 0.3 is 0 Å². The first-order valence-electron chi connectivity index (χ1n) is 8.23. The zero-order chi connectivity index (χ0) is 20.1. The summed E-state index contributed by atoms with van der Waals surface area (Å²) in [5.74, 6) is -0.333. The quantitative estimate of drug-likeness (QED) is 0.646. The standard InChI is InChI=1S/C17H26ClFN2O3S2/c1-6-15(16(22)20-9-10-25-17(2,3)4)21(26(5,23)24)12-7-8-14(19)13(18)11-12/h7-8,11,15H,6,9-10H2,1-5H3,(H,20,22). The van der Waals surface area contributed by atoms with E-state index < -0.39 is 27.8 Å². The number of sulfonamides is 1. The monoisotopic (exact) mass is 424 g/mol. The molecule has 26 heavy (non-hydrogen) atoms. The van der Waals surface area contributed by atoms with Crippen molar-refractivity contribution >= 4 is 45.0 Å². The van der Waals surface area contributed by atoms with E-state index in [1.807, 2.05) is 0 Å². The first-order valence-corrected chi connectivity index (χ1v) is 11.4. The van der Waals surface area contributed by atoms with E-state index in [9.17, 15) is 17.6 Å². The molecule has 1 atom stereocenters. The van der Waals surface area contributed by atoms with Gasteiger partial charge in [-0.25, -0.2) is 12.8 Å². The Hall–Kier alpha value is -0.990. The minimum Gasteiger partial charge on any atom is -0.353 e. The SMILES string of the molecule is CCC(C(=O)NCCSC(C)(C)C)N(c1ccc(F)c(Cl)c1)S(C)(=O)=O. The van der Waals surface area contributed by atoms with Crippen LogP contribution in [-0.2, 0) is 14.8 Å². The fourth-order valence-electron chi connectivity index (χ4n) is 2.33. The van der Waals surface area contributed by atoms with Crippen molar-refractivity contribution in [2.75, 3.05) is 22.9 Å². The fourth-order valence-corrected chi connectivity index (χ4v) is 4.53. The molecule has 0 saturated heterocycles. The van der Waals surface area contributed by atoms with Gasteiger partial charge in [0.2, 0.25) is 15.9 Å². The topological polar surface area (TPSA) is 66.5 Å². The molecule has 1 unspecified atom stereocenters. The second-order valence-electron chi connectivity index (χ2n) is 6.83. The Kier molecular flexibility index (Phi) is 8.23. The Labute approximate surface area is 164 Å². The van der Waals surface area contributed by atoms with Crippen LogP contribution in [0.5, 0.6) is 0 Å². The number of halogens is 2. The summed E-state index contributed by atoms with van der Waals surface area (Å²) in [5, 5.41) is 2.58. The van der Waals surface area contributed by atoms with E-state index in [2.05, 4.69) is 26.1 Å². The molecular formula is C17H26ClFN2O3S2. The van der Waals surface area contributed by atoms with Crippen LogP contribution in [0.1, 0.15) is 34.1 Å². The van der Waals surface area contributed by atoms with E-state index in [4.69, 9.17) is 11.6 Å². The van der Waals surface area contributed by atoms with Gasteiger partial charge in [-0.15, -0.1) is 0 Å². The number of nitrogens with zero attached hydrogens (tertiary/aromatic N) is 1. The van der Waals surface area contributed by atoms with E-state index >= 15 is 0 Å². The average Bonchev–Trinajstić information content (AvgIpc) is 2.49. The van der Waals surface area contributed by atoms with Gasteiger partial charge < -0.3 is 5.32 Å². The number of amides is 1. The van der Waals surface area contributed by atoms with Gasteiger partial charge in [-0.1, -0.05) is 39.3 Å². The summed E-state index contributed by atoms with van der Waals surface area (Å²) >= 11 is 7.48. The van der Waals surface area contributed by atoms with Crippen molar-refractivity contribution in [2.24, 2.45) is 0 Å². The van der Waals surface area contributed by atoms with Crippen molar-refractivity contribution in [3.8, 4) is 0 Å². The number of anilines is 1. The van der Waals surface area contributed by atoms with Gasteiger partial charge in [0, 0.05) is 17.0 Å². The molecular weight excluding hydrogens is 399 g/mol. The summed E-state index contributed by atoms with van der Waals surface area (Å²) in [6.45, 7) is 8.39. The highest BCUT2D eigenvalue weighted by Crippen LogP contribution is 2.27. The van der Waals surface area contributed by atoms with Crippen LogP contribution < -0.4 is 9.62 Å². The third-order valence-corrected chi connectivity index (χ3v) is 6.17. The molecule has 1 N–H and O–H groups in total. The number of benzene rings is 1. The van der Waals surface area contributed by atoms with Crippen molar-refractivity contribution in [1.82, 2.24) is 5.32 Å². The summed E-state index contributed by atoms with van der Waals surface area (Å²) in [6, 6.07) is 2.66. The summed E-state index contributed by atoms with van der Waals surface area (Å²) < 4.78 is 39.1. The summed E-state index contributed by atoms with van der Waals surface area (Å²) in [6.07, 6.45) is 1.27. The van der Waals surface area contributed by atoms with Crippen LogP contribution in [0.4, 0.5) is 10.1 Å². The van der Waals surface area contributed by atoms with Gasteiger partial charge in [-0.05, 0) is 24.6 Å². The highest BCUT2D eigenvalue weighted by atomic mass is 35.5. The largest absolute Gasteiger partial charge is 0.353 e. The summed E-state index contributed by atoms with van der Waals surface area (Å²) in [7, 11) is -3.77. The number of hydrogen-bond acceptors (Lipinski definition) is 4. The molecule has 0 spiro atoms. The van der Waals surface area contributed by atoms with Crippen LogP contribution >= 0.6 is 23.4 Å². The molecule has 0 fully saturated rings. The maximum atomic E-state index is 13.4. The van der Waals surface area contributed by atoms with E-state index in [0.717, 1.165) is 16.6 Å². The number of rotatable bonds is 8. The lowest BCUT2D eigenvalue weighted by Crippen LogP contribution is -2.49. The number of carbonyl (C=O) groups excluding carboxylic acids is 1. The van der Waals surface area contributed by atoms with Crippen molar-refractivity contribution in [2.45, 2.75) is 44.9 Å². The molecule has 0 aliphatic heterocycles. The average molecular weight is 425 g/mol. The Morgan fingerprint density at radius 2 is 2.00 bits per heavy atom. The van der Waals surface area contributed by atoms with Gasteiger partial charge in [0.25, 0.3) is 0 Å².